The van der Waals surface area contributed by atoms with Gasteiger partial charge in [0.1, 0.15) is 11.8 Å². The quantitative estimate of drug-likeness (QED) is 0.305. The summed E-state index contributed by atoms with van der Waals surface area (Å²) in [6.45, 7) is 3.99. The van der Waals surface area contributed by atoms with Crippen LogP contribution in [0.3, 0.4) is 0 Å². The molecule has 168 valence electrons. The van der Waals surface area contributed by atoms with Crippen molar-refractivity contribution in [2.75, 3.05) is 5.32 Å². The van der Waals surface area contributed by atoms with Crippen LogP contribution < -0.4 is 15.4 Å². The number of benzene rings is 3. The van der Waals surface area contributed by atoms with Crippen LogP contribution in [0.2, 0.25) is 0 Å². The molecule has 4 aromatic rings. The van der Waals surface area contributed by atoms with Gasteiger partial charge < -0.3 is 20.4 Å². The van der Waals surface area contributed by atoms with Gasteiger partial charge in [0.15, 0.2) is 0 Å². The van der Waals surface area contributed by atoms with Crippen molar-refractivity contribution in [1.29, 1.82) is 0 Å². The molecule has 0 unspecified atom stereocenters. The van der Waals surface area contributed by atoms with Crippen molar-refractivity contribution in [2.24, 2.45) is 0 Å². The minimum absolute atomic E-state index is 0.294. The molecule has 0 aliphatic heterocycles. The second-order valence-electron chi connectivity index (χ2n) is 7.87. The Balaban J connectivity index is 1.58. The van der Waals surface area contributed by atoms with E-state index in [0.717, 1.165) is 32.1 Å². The Labute approximate surface area is 200 Å². The predicted molar refractivity (Wildman–Crippen MR) is 134 cm³/mol. The molecule has 0 bridgehead atoms. The van der Waals surface area contributed by atoms with Crippen molar-refractivity contribution in [3.05, 3.63) is 94.1 Å². The molecule has 3 aromatic carbocycles. The second kappa shape index (κ2) is 9.92. The fraction of sp³-hybridized carbons (Fsp3) is 0.154. The number of amides is 2. The van der Waals surface area contributed by atoms with Gasteiger partial charge in [0.05, 0.1) is 5.69 Å². The highest BCUT2D eigenvalue weighted by Crippen LogP contribution is 2.27. The Kier molecular flexibility index (Phi) is 6.79. The number of hydrogen-bond acceptors (Lipinski definition) is 3. The van der Waals surface area contributed by atoms with Crippen LogP contribution in [0.1, 0.15) is 16.7 Å². The van der Waals surface area contributed by atoms with E-state index in [4.69, 9.17) is 4.74 Å². The summed E-state index contributed by atoms with van der Waals surface area (Å²) in [7, 11) is 0. The summed E-state index contributed by atoms with van der Waals surface area (Å²) >= 11 is 3.52. The molecule has 33 heavy (non-hydrogen) atoms. The van der Waals surface area contributed by atoms with Gasteiger partial charge in [-0.1, -0.05) is 36.4 Å². The SMILES string of the molecule is Cc1cc(Br)c(NC(=O)[C@H](Cc2c[nH]c3ccccc23)NC(=O)Oc2ccccc2)cc1C. The molecular weight excluding hydrogens is 482 g/mol. The van der Waals surface area contributed by atoms with Gasteiger partial charge >= 0.3 is 6.09 Å². The van der Waals surface area contributed by atoms with Crippen LogP contribution in [-0.2, 0) is 11.2 Å². The van der Waals surface area contributed by atoms with Gasteiger partial charge in [-0.25, -0.2) is 4.79 Å². The molecule has 1 atom stereocenters. The molecule has 2 amide bonds. The van der Waals surface area contributed by atoms with Crippen molar-refractivity contribution >= 4 is 44.5 Å². The second-order valence-corrected chi connectivity index (χ2v) is 8.72. The number of ether oxygens (including phenoxy) is 1. The third-order valence-corrected chi connectivity index (χ3v) is 6.16. The van der Waals surface area contributed by atoms with Crippen LogP contribution >= 0.6 is 15.9 Å². The van der Waals surface area contributed by atoms with E-state index in [2.05, 4.69) is 31.5 Å². The third kappa shape index (κ3) is 5.43. The van der Waals surface area contributed by atoms with Crippen molar-refractivity contribution in [3.63, 3.8) is 0 Å². The lowest BCUT2D eigenvalue weighted by Crippen LogP contribution is -2.46. The van der Waals surface area contributed by atoms with Crippen LogP contribution in [0.4, 0.5) is 10.5 Å². The van der Waals surface area contributed by atoms with E-state index in [9.17, 15) is 9.59 Å². The van der Waals surface area contributed by atoms with Crippen molar-refractivity contribution in [2.45, 2.75) is 26.3 Å². The predicted octanol–water partition coefficient (Wildman–Crippen LogP) is 5.89. The maximum absolute atomic E-state index is 13.3. The first-order valence-electron chi connectivity index (χ1n) is 10.6. The minimum atomic E-state index is -0.853. The molecule has 3 N–H and O–H groups in total. The van der Waals surface area contributed by atoms with Gasteiger partial charge in [-0.3, -0.25) is 4.79 Å². The fourth-order valence-electron chi connectivity index (χ4n) is 3.59. The molecule has 0 radical (unpaired) electrons. The Bertz CT molecular complexity index is 1300. The van der Waals surface area contributed by atoms with Gasteiger partial charge in [-0.05, 0) is 76.8 Å². The Morgan fingerprint density at radius 1 is 1.00 bits per heavy atom. The number of anilines is 1. The van der Waals surface area contributed by atoms with Crippen LogP contribution in [0, 0.1) is 13.8 Å². The highest BCUT2D eigenvalue weighted by atomic mass is 79.9. The van der Waals surface area contributed by atoms with E-state index < -0.39 is 12.1 Å². The first-order valence-corrected chi connectivity index (χ1v) is 11.4. The molecule has 1 aromatic heterocycles. The number of hydrogen-bond donors (Lipinski definition) is 3. The summed E-state index contributed by atoms with van der Waals surface area (Å²) in [4.78, 5) is 29.1. The number of aromatic amines is 1. The molecule has 6 nitrogen and oxygen atoms in total. The Morgan fingerprint density at radius 2 is 1.70 bits per heavy atom. The molecule has 0 saturated carbocycles. The maximum atomic E-state index is 13.3. The van der Waals surface area contributed by atoms with Crippen LogP contribution in [0.25, 0.3) is 10.9 Å². The molecule has 0 spiro atoms. The van der Waals surface area contributed by atoms with Crippen molar-refractivity contribution in [3.8, 4) is 5.75 Å². The number of aromatic nitrogens is 1. The summed E-state index contributed by atoms with van der Waals surface area (Å²) < 4.78 is 6.14. The minimum Gasteiger partial charge on any atom is -0.410 e. The highest BCUT2D eigenvalue weighted by Gasteiger charge is 2.24. The van der Waals surface area contributed by atoms with Crippen molar-refractivity contribution in [1.82, 2.24) is 10.3 Å². The molecule has 0 saturated heterocycles. The molecule has 4 rings (SSSR count). The average molecular weight is 506 g/mol. The number of H-pyrrole nitrogens is 1. The van der Waals surface area contributed by atoms with E-state index in [0.29, 0.717) is 17.9 Å². The average Bonchev–Trinajstić information content (AvgIpc) is 3.20. The van der Waals surface area contributed by atoms with Gasteiger partial charge in [0.2, 0.25) is 5.91 Å². The summed E-state index contributed by atoms with van der Waals surface area (Å²) in [6, 6.07) is 19.6. The first kappa shape index (κ1) is 22.6. The van der Waals surface area contributed by atoms with E-state index in [1.165, 1.54) is 0 Å². The number of aryl methyl sites for hydroxylation is 2. The highest BCUT2D eigenvalue weighted by molar-refractivity contribution is 9.10. The number of para-hydroxylation sites is 2. The van der Waals surface area contributed by atoms with E-state index in [1.807, 2.05) is 62.5 Å². The number of halogens is 1. The summed E-state index contributed by atoms with van der Waals surface area (Å²) in [5, 5.41) is 6.67. The molecular formula is C26H24BrN3O3. The summed E-state index contributed by atoms with van der Waals surface area (Å²) in [6.07, 6.45) is 1.46. The topological polar surface area (TPSA) is 83.2 Å². The van der Waals surface area contributed by atoms with Crippen LogP contribution in [0.5, 0.6) is 5.75 Å². The lowest BCUT2D eigenvalue weighted by molar-refractivity contribution is -0.118. The summed E-state index contributed by atoms with van der Waals surface area (Å²) in [5.74, 6) is 0.0624. The normalized spacial score (nSPS) is 11.7. The largest absolute Gasteiger partial charge is 0.413 e. The van der Waals surface area contributed by atoms with Crippen molar-refractivity contribution < 1.29 is 14.3 Å². The van der Waals surface area contributed by atoms with Gasteiger partial charge in [-0.2, -0.15) is 0 Å². The van der Waals surface area contributed by atoms with E-state index >= 15 is 0 Å². The molecule has 1 heterocycles. The van der Waals surface area contributed by atoms with Gasteiger partial charge in [-0.15, -0.1) is 0 Å². The molecule has 0 fully saturated rings. The lowest BCUT2D eigenvalue weighted by Gasteiger charge is -2.19. The molecule has 0 aliphatic rings. The number of carbonyl (C=O) groups is 2. The monoisotopic (exact) mass is 505 g/mol. The first-order chi connectivity index (χ1) is 15.9. The third-order valence-electron chi connectivity index (χ3n) is 5.50. The zero-order chi connectivity index (χ0) is 23.4. The fourth-order valence-corrected chi connectivity index (χ4v) is 4.15. The van der Waals surface area contributed by atoms with Crippen LogP contribution in [-0.4, -0.2) is 23.0 Å². The van der Waals surface area contributed by atoms with Gasteiger partial charge in [0, 0.05) is 28.0 Å². The number of carbonyl (C=O) groups excluding carboxylic acids is 2. The number of rotatable bonds is 6. The Hall–Kier alpha value is -3.58. The Morgan fingerprint density at radius 3 is 2.48 bits per heavy atom. The zero-order valence-electron chi connectivity index (χ0n) is 18.3. The standard InChI is InChI=1S/C26H24BrN3O3/c1-16-12-21(27)23(13-17(16)2)29-25(31)24(30-26(32)33-19-8-4-3-5-9-19)14-18-15-28-22-11-7-6-10-20(18)22/h3-13,15,24,28H,14H2,1-2H3,(H,29,31)(H,30,32)/t24-/m0/s1. The zero-order valence-corrected chi connectivity index (χ0v) is 19.9. The van der Waals surface area contributed by atoms with Gasteiger partial charge in [0.25, 0.3) is 0 Å². The van der Waals surface area contributed by atoms with Crippen LogP contribution in [0.15, 0.2) is 77.4 Å². The number of fused-ring (bicyclic) bond motifs is 1. The summed E-state index contributed by atoms with van der Waals surface area (Å²) in [5.41, 5.74) is 4.70. The number of nitrogens with one attached hydrogen (secondary N) is 3. The van der Waals surface area contributed by atoms with E-state index in [-0.39, 0.29) is 5.91 Å². The maximum Gasteiger partial charge on any atom is 0.413 e. The lowest BCUT2D eigenvalue weighted by atomic mass is 10.0. The smallest absolute Gasteiger partial charge is 0.410 e. The molecule has 0 aliphatic carbocycles. The molecule has 7 heteroatoms. The van der Waals surface area contributed by atoms with E-state index in [1.54, 1.807) is 24.3 Å².